The molecule has 9 heteroatoms. The van der Waals surface area contributed by atoms with Gasteiger partial charge in [-0.1, -0.05) is 45.9 Å². The highest BCUT2D eigenvalue weighted by molar-refractivity contribution is 9.10. The lowest BCUT2D eigenvalue weighted by atomic mass is 10.1. The zero-order valence-electron chi connectivity index (χ0n) is 15.4. The Morgan fingerprint density at radius 2 is 1.96 bits per heavy atom. The van der Waals surface area contributed by atoms with Gasteiger partial charge in [0.25, 0.3) is 0 Å². The molecule has 4 rings (SSSR count). The first-order valence-electron chi connectivity index (χ1n) is 8.37. The Morgan fingerprint density at radius 1 is 1.14 bits per heavy atom. The summed E-state index contributed by atoms with van der Waals surface area (Å²) in [7, 11) is 3.20. The Kier molecular flexibility index (Phi) is 5.27. The van der Waals surface area contributed by atoms with Gasteiger partial charge in [0.2, 0.25) is 17.3 Å². The summed E-state index contributed by atoms with van der Waals surface area (Å²) in [6.45, 7) is 0. The van der Waals surface area contributed by atoms with E-state index in [2.05, 4.69) is 36.4 Å². The highest BCUT2D eigenvalue weighted by atomic mass is 79.9. The monoisotopic (exact) mass is 460 g/mol. The summed E-state index contributed by atoms with van der Waals surface area (Å²) in [5.41, 5.74) is 3.08. The van der Waals surface area contributed by atoms with Gasteiger partial charge < -0.3 is 19.5 Å². The number of nitrogens with zero attached hydrogens (tertiary/aromatic N) is 3. The van der Waals surface area contributed by atoms with Gasteiger partial charge >= 0.3 is 0 Å². The Bertz CT molecular complexity index is 1030. The molecule has 7 nitrogen and oxygen atoms in total. The summed E-state index contributed by atoms with van der Waals surface area (Å²) in [6, 6.07) is 11.6. The number of methoxy groups -OCH3 is 2. The molecule has 0 amide bonds. The number of aromatic nitrogens is 3. The zero-order chi connectivity index (χ0) is 19.7. The minimum absolute atomic E-state index is 0.405. The molecule has 0 bridgehead atoms. The molecule has 28 heavy (non-hydrogen) atoms. The molecule has 0 saturated heterocycles. The normalized spacial score (nSPS) is 14.8. The van der Waals surface area contributed by atoms with Crippen molar-refractivity contribution in [3.05, 3.63) is 46.4 Å². The van der Waals surface area contributed by atoms with E-state index in [4.69, 9.17) is 14.2 Å². The van der Waals surface area contributed by atoms with Crippen LogP contribution in [0, 0.1) is 0 Å². The maximum atomic E-state index is 6.27. The van der Waals surface area contributed by atoms with E-state index in [-0.39, 0.29) is 0 Å². The molecule has 1 aromatic heterocycles. The standard InChI is InChI=1S/C19H17BrN4O3S/c1-25-14-9-10(20)8-12(16(14)26-2)17-21-13-7-5-4-6-11(13)15-18(27-17)22-19(28-3)24-23-15/h4-9,17,21H,1-3H3. The van der Waals surface area contributed by atoms with Crippen LogP contribution in [0.15, 0.2) is 46.0 Å². The number of benzene rings is 2. The Labute approximate surface area is 175 Å². The molecule has 2 aromatic carbocycles. The van der Waals surface area contributed by atoms with Crippen LogP contribution in [-0.4, -0.2) is 35.7 Å². The molecule has 0 radical (unpaired) electrons. The molecule has 0 fully saturated rings. The van der Waals surface area contributed by atoms with E-state index < -0.39 is 6.23 Å². The summed E-state index contributed by atoms with van der Waals surface area (Å²) in [4.78, 5) is 4.53. The van der Waals surface area contributed by atoms with Crippen molar-refractivity contribution >= 4 is 33.4 Å². The quantitative estimate of drug-likeness (QED) is 0.568. The van der Waals surface area contributed by atoms with Gasteiger partial charge in [0, 0.05) is 15.7 Å². The summed E-state index contributed by atoms with van der Waals surface area (Å²) in [6.07, 6.45) is 1.32. The van der Waals surface area contributed by atoms with Crippen molar-refractivity contribution in [3.8, 4) is 28.6 Å². The van der Waals surface area contributed by atoms with Gasteiger partial charge in [0.05, 0.1) is 19.8 Å². The zero-order valence-corrected chi connectivity index (χ0v) is 17.8. The van der Waals surface area contributed by atoms with E-state index in [1.807, 2.05) is 42.7 Å². The maximum Gasteiger partial charge on any atom is 0.247 e. The third kappa shape index (κ3) is 3.35. The van der Waals surface area contributed by atoms with E-state index in [0.29, 0.717) is 28.2 Å². The molecule has 0 saturated carbocycles. The fourth-order valence-corrected chi connectivity index (χ4v) is 3.78. The lowest BCUT2D eigenvalue weighted by Crippen LogP contribution is -2.18. The van der Waals surface area contributed by atoms with Crippen molar-refractivity contribution in [2.24, 2.45) is 0 Å². The molecule has 2 heterocycles. The summed E-state index contributed by atoms with van der Waals surface area (Å²) >= 11 is 4.94. The van der Waals surface area contributed by atoms with Crippen LogP contribution in [0.5, 0.6) is 17.4 Å². The van der Waals surface area contributed by atoms with Gasteiger partial charge in [0.1, 0.15) is 0 Å². The number of hydrogen-bond acceptors (Lipinski definition) is 8. The van der Waals surface area contributed by atoms with Crippen LogP contribution in [0.25, 0.3) is 11.3 Å². The molecule has 1 N–H and O–H groups in total. The van der Waals surface area contributed by atoms with E-state index in [1.165, 1.54) is 11.8 Å². The second-order valence-corrected chi connectivity index (χ2v) is 7.56. The molecule has 1 aliphatic heterocycles. The average molecular weight is 461 g/mol. The molecule has 3 aromatic rings. The summed E-state index contributed by atoms with van der Waals surface area (Å²) in [5, 5.41) is 12.5. The molecule has 0 aliphatic carbocycles. The van der Waals surface area contributed by atoms with Crippen LogP contribution >= 0.6 is 27.7 Å². The van der Waals surface area contributed by atoms with Crippen molar-refractivity contribution in [1.29, 1.82) is 0 Å². The van der Waals surface area contributed by atoms with Crippen LogP contribution in [-0.2, 0) is 0 Å². The second-order valence-electron chi connectivity index (χ2n) is 5.87. The smallest absolute Gasteiger partial charge is 0.247 e. The second kappa shape index (κ2) is 7.84. The fraction of sp³-hybridized carbons (Fsp3) is 0.211. The first kappa shape index (κ1) is 18.8. The van der Waals surface area contributed by atoms with Crippen LogP contribution < -0.4 is 19.5 Å². The summed E-state index contributed by atoms with van der Waals surface area (Å²) in [5.74, 6) is 1.58. The highest BCUT2D eigenvalue weighted by Gasteiger charge is 2.29. The van der Waals surface area contributed by atoms with E-state index in [1.54, 1.807) is 14.2 Å². The van der Waals surface area contributed by atoms with Crippen LogP contribution in [0.1, 0.15) is 11.8 Å². The number of thioether (sulfide) groups is 1. The van der Waals surface area contributed by atoms with Gasteiger partial charge in [-0.2, -0.15) is 4.98 Å². The number of fused-ring (bicyclic) bond motifs is 3. The van der Waals surface area contributed by atoms with E-state index in [9.17, 15) is 0 Å². The maximum absolute atomic E-state index is 6.27. The van der Waals surface area contributed by atoms with Crippen LogP contribution in [0.2, 0.25) is 0 Å². The molecule has 1 atom stereocenters. The number of nitrogens with one attached hydrogen (secondary N) is 1. The highest BCUT2D eigenvalue weighted by Crippen LogP contribution is 2.44. The lowest BCUT2D eigenvalue weighted by Gasteiger charge is -2.22. The van der Waals surface area contributed by atoms with Gasteiger partial charge in [-0.3, -0.25) is 0 Å². The Balaban J connectivity index is 1.90. The molecule has 144 valence electrons. The van der Waals surface area contributed by atoms with Crippen LogP contribution in [0.4, 0.5) is 5.69 Å². The Hall–Kier alpha value is -2.52. The number of ether oxygens (including phenoxy) is 3. The molecular weight excluding hydrogens is 444 g/mol. The van der Waals surface area contributed by atoms with Gasteiger partial charge in [0.15, 0.2) is 17.2 Å². The molecule has 1 unspecified atom stereocenters. The van der Waals surface area contributed by atoms with Crippen molar-refractivity contribution in [3.63, 3.8) is 0 Å². The van der Waals surface area contributed by atoms with Gasteiger partial charge in [-0.15, -0.1) is 10.2 Å². The average Bonchev–Trinajstić information content (AvgIpc) is 2.89. The third-order valence-corrected chi connectivity index (χ3v) is 5.27. The predicted molar refractivity (Wildman–Crippen MR) is 111 cm³/mol. The number of anilines is 1. The van der Waals surface area contributed by atoms with Crippen molar-refractivity contribution < 1.29 is 14.2 Å². The molecule has 0 spiro atoms. The van der Waals surface area contributed by atoms with Crippen molar-refractivity contribution in [1.82, 2.24) is 15.2 Å². The summed E-state index contributed by atoms with van der Waals surface area (Å²) < 4.78 is 18.2. The number of hydrogen-bond donors (Lipinski definition) is 1. The van der Waals surface area contributed by atoms with Gasteiger partial charge in [-0.25, -0.2) is 0 Å². The first-order valence-corrected chi connectivity index (χ1v) is 10.4. The SMILES string of the molecule is COc1cc(Br)cc(C2Nc3ccccc3-c3nnc(SC)nc3O2)c1OC. The third-order valence-electron chi connectivity index (χ3n) is 4.27. The molecule has 1 aliphatic rings. The number of rotatable bonds is 4. The number of halogens is 1. The topological polar surface area (TPSA) is 78.4 Å². The minimum atomic E-state index is -0.574. The number of para-hydroxylation sites is 1. The fourth-order valence-electron chi connectivity index (χ4n) is 3.03. The van der Waals surface area contributed by atoms with Crippen molar-refractivity contribution in [2.75, 3.05) is 25.8 Å². The predicted octanol–water partition coefficient (Wildman–Crippen LogP) is 4.54. The Morgan fingerprint density at radius 3 is 2.71 bits per heavy atom. The minimum Gasteiger partial charge on any atom is -0.493 e. The van der Waals surface area contributed by atoms with E-state index >= 15 is 0 Å². The van der Waals surface area contributed by atoms with E-state index in [0.717, 1.165) is 21.3 Å². The van der Waals surface area contributed by atoms with Crippen molar-refractivity contribution in [2.45, 2.75) is 11.4 Å². The van der Waals surface area contributed by atoms with Gasteiger partial charge in [-0.05, 0) is 24.5 Å². The largest absolute Gasteiger partial charge is 0.493 e. The lowest BCUT2D eigenvalue weighted by molar-refractivity contribution is 0.218. The van der Waals surface area contributed by atoms with Crippen LogP contribution in [0.3, 0.4) is 0 Å². The molecular formula is C19H17BrN4O3S. The first-order chi connectivity index (χ1) is 13.6.